The van der Waals surface area contributed by atoms with Crippen LogP contribution in [0.4, 0.5) is 13.2 Å². The second kappa shape index (κ2) is 5.26. The summed E-state index contributed by atoms with van der Waals surface area (Å²) < 4.78 is 40.2. The van der Waals surface area contributed by atoms with Gasteiger partial charge in [-0.2, -0.15) is 13.2 Å². The number of halogens is 3. The van der Waals surface area contributed by atoms with Gasteiger partial charge in [-0.1, -0.05) is 24.3 Å². The molecule has 25 heavy (non-hydrogen) atoms. The van der Waals surface area contributed by atoms with Gasteiger partial charge < -0.3 is 0 Å². The third-order valence-corrected chi connectivity index (χ3v) is 4.99. The number of hydrogen-bond donors (Lipinski definition) is 1. The van der Waals surface area contributed by atoms with E-state index in [0.29, 0.717) is 11.2 Å². The van der Waals surface area contributed by atoms with Gasteiger partial charge in [-0.3, -0.25) is 24.8 Å². The average molecular weight is 349 g/mol. The highest BCUT2D eigenvalue weighted by atomic mass is 19.4. The number of pyridine rings is 1. The van der Waals surface area contributed by atoms with Crippen LogP contribution in [0.2, 0.25) is 0 Å². The van der Waals surface area contributed by atoms with E-state index in [1.807, 2.05) is 12.1 Å². The summed E-state index contributed by atoms with van der Waals surface area (Å²) in [5.74, 6) is -3.95. The molecule has 0 saturated carbocycles. The Bertz CT molecular complexity index is 883. The Kier molecular flexibility index (Phi) is 3.37. The minimum absolute atomic E-state index is 0.330. The molecule has 0 unspecified atom stereocenters. The quantitative estimate of drug-likeness (QED) is 0.801. The molecule has 0 bridgehead atoms. The number of imide groups is 1. The van der Waals surface area contributed by atoms with Crippen molar-refractivity contribution >= 4 is 22.7 Å². The maximum absolute atomic E-state index is 13.4. The number of likely N-dealkylation sites (tertiary alicyclic amines) is 1. The minimum Gasteiger partial charge on any atom is -0.296 e. The Morgan fingerprint density at radius 3 is 2.44 bits per heavy atom. The summed E-state index contributed by atoms with van der Waals surface area (Å²) in [4.78, 5) is 29.8. The van der Waals surface area contributed by atoms with E-state index in [1.54, 1.807) is 24.3 Å². The molecule has 1 N–H and O–H groups in total. The highest BCUT2D eigenvalue weighted by molar-refractivity contribution is 6.06. The number of nitrogens with one attached hydrogen (secondary N) is 1. The second-order valence-corrected chi connectivity index (χ2v) is 6.38. The van der Waals surface area contributed by atoms with Crippen molar-refractivity contribution in [3.63, 3.8) is 0 Å². The molecule has 2 aromatic rings. The molecule has 3 heterocycles. The molecule has 4 rings (SSSR count). The first-order valence-electron chi connectivity index (χ1n) is 7.79. The Morgan fingerprint density at radius 2 is 1.72 bits per heavy atom. The fourth-order valence-corrected chi connectivity index (χ4v) is 3.79. The van der Waals surface area contributed by atoms with Crippen LogP contribution in [-0.2, 0) is 9.59 Å². The van der Waals surface area contributed by atoms with Gasteiger partial charge in [-0.15, -0.1) is 0 Å². The largest absolute Gasteiger partial charge is 0.404 e. The number of para-hydroxylation sites is 1. The van der Waals surface area contributed by atoms with Crippen LogP contribution in [0.1, 0.15) is 11.7 Å². The average Bonchev–Trinajstić information content (AvgIpc) is 3.08. The lowest BCUT2D eigenvalue weighted by Crippen LogP contribution is -2.46. The van der Waals surface area contributed by atoms with E-state index in [-0.39, 0.29) is 0 Å². The highest BCUT2D eigenvalue weighted by Crippen LogP contribution is 2.47. The lowest BCUT2D eigenvalue weighted by Gasteiger charge is -2.22. The molecule has 5 nitrogen and oxygen atoms in total. The van der Waals surface area contributed by atoms with E-state index in [9.17, 15) is 22.8 Å². The van der Waals surface area contributed by atoms with Crippen LogP contribution in [0.15, 0.2) is 36.4 Å². The number of amides is 2. The van der Waals surface area contributed by atoms with Crippen LogP contribution < -0.4 is 5.32 Å². The normalized spacial score (nSPS) is 29.5. The van der Waals surface area contributed by atoms with Crippen molar-refractivity contribution in [2.24, 2.45) is 11.8 Å². The number of alkyl halides is 3. The zero-order chi connectivity index (χ0) is 17.9. The van der Waals surface area contributed by atoms with Crippen molar-refractivity contribution in [2.45, 2.75) is 18.3 Å². The first-order valence-corrected chi connectivity index (χ1v) is 7.79. The molecule has 2 aliphatic rings. The maximum atomic E-state index is 13.4. The van der Waals surface area contributed by atoms with Crippen LogP contribution in [0, 0.1) is 11.8 Å². The summed E-state index contributed by atoms with van der Waals surface area (Å²) in [6.45, 7) is 0. The van der Waals surface area contributed by atoms with Crippen molar-refractivity contribution < 1.29 is 22.8 Å². The molecule has 2 saturated heterocycles. The van der Waals surface area contributed by atoms with Crippen LogP contribution in [0.3, 0.4) is 0 Å². The lowest BCUT2D eigenvalue weighted by atomic mass is 9.87. The van der Waals surface area contributed by atoms with Gasteiger partial charge in [0, 0.05) is 12.4 Å². The molecule has 2 aliphatic heterocycles. The molecule has 2 fully saturated rings. The number of nitrogens with zero attached hydrogens (tertiary/aromatic N) is 2. The topological polar surface area (TPSA) is 62.3 Å². The molecule has 0 spiro atoms. The van der Waals surface area contributed by atoms with Crippen LogP contribution >= 0.6 is 0 Å². The van der Waals surface area contributed by atoms with Gasteiger partial charge >= 0.3 is 6.18 Å². The predicted molar refractivity (Wildman–Crippen MR) is 82.2 cm³/mol. The first-order chi connectivity index (χ1) is 11.8. The summed E-state index contributed by atoms with van der Waals surface area (Å²) in [6, 6.07) is 7.54. The standard InChI is InChI=1S/C17H14F3N3O2/c1-23-15(24)11-12(16(23)25)14(17(18,19)20)22-13(11)10-7-6-8-4-2-3-5-9(8)21-10/h2-7,11-14,22H,1H3/t11-,12+,13-,14-/m1/s1. The third-order valence-electron chi connectivity index (χ3n) is 4.99. The fraction of sp³-hybridized carbons (Fsp3) is 0.353. The van der Waals surface area contributed by atoms with Crippen LogP contribution in [0.25, 0.3) is 10.9 Å². The monoisotopic (exact) mass is 349 g/mol. The summed E-state index contributed by atoms with van der Waals surface area (Å²) in [5.41, 5.74) is 0.954. The van der Waals surface area contributed by atoms with E-state index in [2.05, 4.69) is 10.3 Å². The van der Waals surface area contributed by atoms with Gasteiger partial charge in [0.2, 0.25) is 11.8 Å². The Morgan fingerprint density at radius 1 is 1.04 bits per heavy atom. The second-order valence-electron chi connectivity index (χ2n) is 6.38. The molecule has 4 atom stereocenters. The minimum atomic E-state index is -4.63. The summed E-state index contributed by atoms with van der Waals surface area (Å²) in [7, 11) is 1.22. The fourth-order valence-electron chi connectivity index (χ4n) is 3.79. The number of fused-ring (bicyclic) bond motifs is 2. The lowest BCUT2D eigenvalue weighted by molar-refractivity contribution is -0.168. The van der Waals surface area contributed by atoms with E-state index in [4.69, 9.17) is 0 Å². The van der Waals surface area contributed by atoms with E-state index < -0.39 is 41.9 Å². The van der Waals surface area contributed by atoms with E-state index in [0.717, 1.165) is 10.3 Å². The number of carbonyl (C=O) groups is 2. The SMILES string of the molecule is CN1C(=O)[C@@H]2[C@H](C1=O)[C@H](C(F)(F)F)N[C@@H]2c1ccc2ccccc2n1. The molecule has 0 aliphatic carbocycles. The highest BCUT2D eigenvalue weighted by Gasteiger charge is 2.64. The maximum Gasteiger partial charge on any atom is 0.404 e. The van der Waals surface area contributed by atoms with Crippen molar-refractivity contribution in [3.05, 3.63) is 42.1 Å². The van der Waals surface area contributed by atoms with E-state index in [1.165, 1.54) is 7.05 Å². The van der Waals surface area contributed by atoms with Gasteiger partial charge in [-0.05, 0) is 12.1 Å². The third kappa shape index (κ3) is 2.31. The summed E-state index contributed by atoms with van der Waals surface area (Å²) in [6.07, 6.45) is -4.63. The molecule has 1 aromatic heterocycles. The Balaban J connectivity index is 1.80. The van der Waals surface area contributed by atoms with Crippen molar-refractivity contribution in [1.29, 1.82) is 0 Å². The predicted octanol–water partition coefficient (Wildman–Crippen LogP) is 2.04. The molecule has 0 radical (unpaired) electrons. The van der Waals surface area contributed by atoms with Crippen LogP contribution in [0.5, 0.6) is 0 Å². The molecule has 1 aromatic carbocycles. The number of hydrogen-bond acceptors (Lipinski definition) is 4. The van der Waals surface area contributed by atoms with Crippen molar-refractivity contribution in [2.75, 3.05) is 7.05 Å². The van der Waals surface area contributed by atoms with Gasteiger partial charge in [0.05, 0.1) is 29.1 Å². The zero-order valence-corrected chi connectivity index (χ0v) is 13.1. The number of carbonyl (C=O) groups excluding carboxylic acids is 2. The van der Waals surface area contributed by atoms with Gasteiger partial charge in [0.25, 0.3) is 0 Å². The molecule has 130 valence electrons. The number of benzene rings is 1. The number of rotatable bonds is 1. The summed E-state index contributed by atoms with van der Waals surface area (Å²) >= 11 is 0. The Labute approximate surface area is 140 Å². The smallest absolute Gasteiger partial charge is 0.296 e. The molecular formula is C17H14F3N3O2. The van der Waals surface area contributed by atoms with Crippen LogP contribution in [-0.4, -0.2) is 41.0 Å². The Hall–Kier alpha value is -2.48. The van der Waals surface area contributed by atoms with Gasteiger partial charge in [-0.25, -0.2) is 0 Å². The first kappa shape index (κ1) is 16.0. The number of aromatic nitrogens is 1. The molecule has 8 heteroatoms. The zero-order valence-electron chi connectivity index (χ0n) is 13.1. The molecule has 2 amide bonds. The van der Waals surface area contributed by atoms with Crippen molar-refractivity contribution in [1.82, 2.24) is 15.2 Å². The van der Waals surface area contributed by atoms with E-state index >= 15 is 0 Å². The summed E-state index contributed by atoms with van der Waals surface area (Å²) in [5, 5.41) is 3.29. The van der Waals surface area contributed by atoms with Gasteiger partial charge in [0.1, 0.15) is 6.04 Å². The molecular weight excluding hydrogens is 335 g/mol. The van der Waals surface area contributed by atoms with Gasteiger partial charge in [0.15, 0.2) is 0 Å². The van der Waals surface area contributed by atoms with Crippen molar-refractivity contribution in [3.8, 4) is 0 Å².